The molecule has 2 aliphatic heterocycles. The number of carbonyl (C=O) groups is 2. The fourth-order valence-corrected chi connectivity index (χ4v) is 8.40. The Morgan fingerprint density at radius 2 is 1.92 bits per heavy atom. The Labute approximate surface area is 221 Å². The molecule has 1 aromatic rings. The van der Waals surface area contributed by atoms with Crippen LogP contribution in [0.15, 0.2) is 18.2 Å². The van der Waals surface area contributed by atoms with E-state index >= 15 is 0 Å². The molecule has 1 saturated carbocycles. The molecule has 2 heterocycles. The summed E-state index contributed by atoms with van der Waals surface area (Å²) in [6.07, 6.45) is 2.84. The van der Waals surface area contributed by atoms with E-state index in [0.29, 0.717) is 32.4 Å². The monoisotopic (exact) mass is 529 g/mol. The number of urea groups is 1. The Kier molecular flexibility index (Phi) is 6.53. The van der Waals surface area contributed by atoms with Crippen molar-refractivity contribution in [1.82, 2.24) is 14.7 Å². The Balaban J connectivity index is 1.53. The summed E-state index contributed by atoms with van der Waals surface area (Å²) in [4.78, 5) is 33.1. The Morgan fingerprint density at radius 3 is 2.59 bits per heavy atom. The first-order valence-electron chi connectivity index (χ1n) is 13.7. The van der Waals surface area contributed by atoms with Crippen LogP contribution < -0.4 is 4.74 Å². The normalized spacial score (nSPS) is 33.6. The van der Waals surface area contributed by atoms with E-state index in [4.69, 9.17) is 9.47 Å². The molecular weight excluding hydrogens is 486 g/mol. The second kappa shape index (κ2) is 9.07. The van der Waals surface area contributed by atoms with Crippen molar-refractivity contribution in [3.05, 3.63) is 29.3 Å². The third-order valence-corrected chi connectivity index (χ3v) is 11.4. The fourth-order valence-electron chi connectivity index (χ4n) is 7.64. The minimum absolute atomic E-state index is 0.00651. The molecule has 9 heteroatoms. The first-order chi connectivity index (χ1) is 17.4. The van der Waals surface area contributed by atoms with Gasteiger partial charge in [0.1, 0.15) is 18.0 Å². The van der Waals surface area contributed by atoms with Crippen molar-refractivity contribution in [3.8, 4) is 5.75 Å². The molecule has 2 bridgehead atoms. The average molecular weight is 530 g/mol. The highest BCUT2D eigenvalue weighted by molar-refractivity contribution is 6.76. The van der Waals surface area contributed by atoms with Crippen molar-refractivity contribution in [3.63, 3.8) is 0 Å². The lowest BCUT2D eigenvalue weighted by molar-refractivity contribution is -0.184. The van der Waals surface area contributed by atoms with Gasteiger partial charge in [0.2, 0.25) is 0 Å². The van der Waals surface area contributed by atoms with Crippen LogP contribution in [0.1, 0.15) is 43.7 Å². The maximum absolute atomic E-state index is 14.2. The van der Waals surface area contributed by atoms with Gasteiger partial charge in [-0.15, -0.1) is 0 Å². The summed E-state index contributed by atoms with van der Waals surface area (Å²) in [5.41, 5.74) is -0.306. The van der Waals surface area contributed by atoms with Gasteiger partial charge >= 0.3 is 6.03 Å². The largest absolute Gasteiger partial charge is 0.497 e. The number of hydrogen-bond acceptors (Lipinski definition) is 6. The summed E-state index contributed by atoms with van der Waals surface area (Å²) in [5.74, 6) is 0.584. The molecule has 4 atom stereocenters. The number of amides is 3. The second-order valence-corrected chi connectivity index (χ2v) is 18.4. The topological polar surface area (TPSA) is 82.5 Å². The number of fused-ring (bicyclic) bond motifs is 1. The molecule has 2 saturated heterocycles. The average Bonchev–Trinajstić information content (AvgIpc) is 3.04. The number of piperidine rings is 1. The minimum Gasteiger partial charge on any atom is -0.497 e. The van der Waals surface area contributed by atoms with Crippen molar-refractivity contribution in [2.75, 3.05) is 40.6 Å². The third-order valence-electron chi connectivity index (χ3n) is 9.72. The third kappa shape index (κ3) is 3.87. The lowest BCUT2D eigenvalue weighted by atomic mass is 9.46. The molecule has 4 aliphatic rings. The number of methoxy groups -OCH3 is 1. The van der Waals surface area contributed by atoms with Crippen LogP contribution in [0.3, 0.4) is 0 Å². The predicted octanol–water partition coefficient (Wildman–Crippen LogP) is 3.44. The number of ether oxygens (including phenoxy) is 2. The molecule has 1 aromatic carbocycles. The number of carbonyl (C=O) groups excluding carboxylic acids is 2. The van der Waals surface area contributed by atoms with Gasteiger partial charge in [0.25, 0.3) is 5.91 Å². The van der Waals surface area contributed by atoms with Gasteiger partial charge in [0, 0.05) is 32.7 Å². The van der Waals surface area contributed by atoms with E-state index in [9.17, 15) is 14.7 Å². The summed E-state index contributed by atoms with van der Waals surface area (Å²) in [6.45, 7) is 10.6. The quantitative estimate of drug-likeness (QED) is 0.331. The fraction of sp³-hybridized carbons (Fsp3) is 0.714. The molecule has 204 valence electrons. The Hall–Kier alpha value is -1.94. The molecule has 1 spiro atoms. The van der Waals surface area contributed by atoms with Crippen LogP contribution in [0, 0.1) is 0 Å². The van der Waals surface area contributed by atoms with Crippen molar-refractivity contribution in [1.29, 1.82) is 0 Å². The van der Waals surface area contributed by atoms with Crippen LogP contribution in [0.5, 0.6) is 5.75 Å². The summed E-state index contributed by atoms with van der Waals surface area (Å²) < 4.78 is 11.5. The first-order valence-corrected chi connectivity index (χ1v) is 17.4. The molecular formula is C28H43N3O5Si. The zero-order valence-electron chi connectivity index (χ0n) is 23.3. The number of likely N-dealkylation sites (N-methyl/N-ethyl adjacent to an activating group) is 2. The SMILES string of the molecule is CCN1C(=O)N(COCC[Si](C)(C)C)C(=O)[C@@]12CC[C@@]1(O)[C@H]3Cc4ccc(OC)cc4[C@@]1(CCN3C)C2. The highest BCUT2D eigenvalue weighted by Crippen LogP contribution is 2.62. The van der Waals surface area contributed by atoms with E-state index in [1.165, 1.54) is 10.5 Å². The lowest BCUT2D eigenvalue weighted by Gasteiger charge is -2.66. The smallest absolute Gasteiger partial charge is 0.329 e. The molecule has 3 fully saturated rings. The van der Waals surface area contributed by atoms with Crippen LogP contribution in [0.2, 0.25) is 25.7 Å². The summed E-state index contributed by atoms with van der Waals surface area (Å²) >= 11 is 0. The minimum atomic E-state index is -1.28. The molecule has 3 amide bonds. The zero-order chi connectivity index (χ0) is 26.8. The number of likely N-dealkylation sites (tertiary alicyclic amines) is 1. The number of rotatable bonds is 7. The molecule has 0 unspecified atom stereocenters. The predicted molar refractivity (Wildman–Crippen MR) is 145 cm³/mol. The molecule has 8 nitrogen and oxygen atoms in total. The van der Waals surface area contributed by atoms with Crippen LogP contribution in [0.4, 0.5) is 4.79 Å². The number of nitrogens with zero attached hydrogens (tertiary/aromatic N) is 3. The van der Waals surface area contributed by atoms with Gasteiger partial charge in [-0.1, -0.05) is 25.7 Å². The molecule has 0 radical (unpaired) electrons. The maximum Gasteiger partial charge on any atom is 0.329 e. The molecule has 2 aliphatic carbocycles. The van der Waals surface area contributed by atoms with E-state index in [1.54, 1.807) is 12.0 Å². The Morgan fingerprint density at radius 1 is 1.16 bits per heavy atom. The van der Waals surface area contributed by atoms with Gasteiger partial charge in [-0.3, -0.25) is 4.79 Å². The Bertz CT molecular complexity index is 1090. The van der Waals surface area contributed by atoms with Crippen LogP contribution in [0.25, 0.3) is 0 Å². The van der Waals surface area contributed by atoms with Crippen molar-refractivity contribution < 1.29 is 24.2 Å². The van der Waals surface area contributed by atoms with Crippen LogP contribution >= 0.6 is 0 Å². The molecule has 5 rings (SSSR count). The van der Waals surface area contributed by atoms with Gasteiger partial charge in [0.15, 0.2) is 0 Å². The van der Waals surface area contributed by atoms with Crippen molar-refractivity contribution >= 4 is 20.0 Å². The van der Waals surface area contributed by atoms with E-state index in [1.807, 2.05) is 13.0 Å². The summed E-state index contributed by atoms with van der Waals surface area (Å²) in [6, 6.07) is 6.85. The standard InChI is InChI=1S/C28H43N3O5Si/c1-7-31-25(33)30(19-36-14-15-37(4,5)6)24(32)27(31)10-11-28(34)23-16-20-8-9-21(35-3)17-22(20)26(28,18-27)12-13-29(23)2/h8-9,17,23,34H,7,10-16,18-19H2,1-6H3/t23-,26-,27+,28-/m1/s1. The molecule has 0 aromatic heterocycles. The highest BCUT2D eigenvalue weighted by atomic mass is 28.3. The van der Waals surface area contributed by atoms with Gasteiger partial charge in [-0.2, -0.15) is 0 Å². The summed E-state index contributed by atoms with van der Waals surface area (Å²) in [7, 11) is 2.47. The number of benzene rings is 1. The van der Waals surface area contributed by atoms with Gasteiger partial charge in [0.05, 0.1) is 12.7 Å². The van der Waals surface area contributed by atoms with E-state index in [0.717, 1.165) is 36.7 Å². The number of imide groups is 1. The highest BCUT2D eigenvalue weighted by Gasteiger charge is 2.71. The second-order valence-electron chi connectivity index (χ2n) is 12.8. The zero-order valence-corrected chi connectivity index (χ0v) is 24.3. The number of hydrogen-bond donors (Lipinski definition) is 1. The van der Waals surface area contributed by atoms with Crippen LogP contribution in [-0.4, -0.2) is 97.6 Å². The van der Waals surface area contributed by atoms with Crippen LogP contribution in [-0.2, 0) is 21.4 Å². The van der Waals surface area contributed by atoms with Gasteiger partial charge < -0.3 is 24.4 Å². The molecule has 1 N–H and O–H groups in total. The van der Waals surface area contributed by atoms with Gasteiger partial charge in [-0.05, 0) is 81.9 Å². The van der Waals surface area contributed by atoms with E-state index < -0.39 is 24.6 Å². The van der Waals surface area contributed by atoms with E-state index in [-0.39, 0.29) is 24.7 Å². The summed E-state index contributed by atoms with van der Waals surface area (Å²) in [5, 5.41) is 12.5. The first kappa shape index (κ1) is 26.7. The van der Waals surface area contributed by atoms with E-state index in [2.05, 4.69) is 43.7 Å². The molecule has 37 heavy (non-hydrogen) atoms. The van der Waals surface area contributed by atoms with Crippen molar-refractivity contribution in [2.45, 2.75) is 87.3 Å². The number of aliphatic hydroxyl groups is 1. The maximum atomic E-state index is 14.2. The van der Waals surface area contributed by atoms with Crippen molar-refractivity contribution in [2.24, 2.45) is 0 Å². The van der Waals surface area contributed by atoms with Gasteiger partial charge in [-0.25, -0.2) is 9.69 Å². The lowest BCUT2D eigenvalue weighted by Crippen LogP contribution is -2.76.